The second kappa shape index (κ2) is 5.85. The molecule has 104 valence electrons. The summed E-state index contributed by atoms with van der Waals surface area (Å²) in [5, 5.41) is 0.880. The van der Waals surface area contributed by atoms with Crippen molar-refractivity contribution < 1.29 is 4.79 Å². The highest BCUT2D eigenvalue weighted by atomic mass is 16.1. The summed E-state index contributed by atoms with van der Waals surface area (Å²) in [4.78, 5) is 16.8. The Morgan fingerprint density at radius 1 is 1.00 bits per heavy atom. The molecule has 0 fully saturated rings. The van der Waals surface area contributed by atoms with E-state index < -0.39 is 0 Å². The number of fused-ring (bicyclic) bond motifs is 1. The maximum Gasteiger partial charge on any atom is 0.165 e. The van der Waals surface area contributed by atoms with Crippen LogP contribution < -0.4 is 5.73 Å². The molecule has 0 spiro atoms. The van der Waals surface area contributed by atoms with E-state index in [9.17, 15) is 4.79 Å². The van der Waals surface area contributed by atoms with Gasteiger partial charge < -0.3 is 5.73 Å². The molecule has 1 unspecified atom stereocenters. The van der Waals surface area contributed by atoms with E-state index >= 15 is 0 Å². The predicted octanol–water partition coefficient (Wildman–Crippen LogP) is 3.51. The normalized spacial score (nSPS) is 12.2. The molecule has 3 rings (SSSR count). The van der Waals surface area contributed by atoms with E-state index in [0.717, 1.165) is 16.5 Å². The van der Waals surface area contributed by atoms with Crippen molar-refractivity contribution in [3.8, 4) is 0 Å². The van der Waals surface area contributed by atoms with E-state index in [1.807, 2.05) is 60.7 Å². The number of pyridine rings is 1. The standard InChI is InChI=1S/C18H16N2O/c19-16(13-6-2-1-3-7-13)12-18(21)15-8-4-10-17-14(15)9-5-11-20-17/h1-11,16H,12,19H2. The quantitative estimate of drug-likeness (QED) is 0.742. The average Bonchev–Trinajstić information content (AvgIpc) is 2.55. The third-order valence-corrected chi connectivity index (χ3v) is 3.58. The van der Waals surface area contributed by atoms with Gasteiger partial charge >= 0.3 is 0 Å². The summed E-state index contributed by atoms with van der Waals surface area (Å²) in [7, 11) is 0. The Morgan fingerprint density at radius 3 is 2.62 bits per heavy atom. The first-order chi connectivity index (χ1) is 10.3. The maximum absolute atomic E-state index is 12.5. The van der Waals surface area contributed by atoms with Crippen LogP contribution >= 0.6 is 0 Å². The van der Waals surface area contributed by atoms with Gasteiger partial charge in [-0.05, 0) is 17.7 Å². The molecule has 0 bridgehead atoms. The number of benzene rings is 2. The van der Waals surface area contributed by atoms with Crippen molar-refractivity contribution in [2.45, 2.75) is 12.5 Å². The van der Waals surface area contributed by atoms with Gasteiger partial charge in [0.2, 0.25) is 0 Å². The lowest BCUT2D eigenvalue weighted by atomic mass is 9.96. The van der Waals surface area contributed by atoms with Crippen LogP contribution in [0.1, 0.15) is 28.4 Å². The Kier molecular flexibility index (Phi) is 3.75. The van der Waals surface area contributed by atoms with Gasteiger partial charge in [-0.25, -0.2) is 0 Å². The average molecular weight is 276 g/mol. The van der Waals surface area contributed by atoms with Crippen molar-refractivity contribution in [3.05, 3.63) is 78.0 Å². The molecule has 21 heavy (non-hydrogen) atoms. The number of carbonyl (C=O) groups is 1. The Labute approximate surface area is 123 Å². The molecule has 1 aromatic heterocycles. The number of hydrogen-bond donors (Lipinski definition) is 1. The number of carbonyl (C=O) groups excluding carboxylic acids is 1. The van der Waals surface area contributed by atoms with Gasteiger partial charge in [0.25, 0.3) is 0 Å². The fraction of sp³-hybridized carbons (Fsp3) is 0.111. The van der Waals surface area contributed by atoms with Crippen molar-refractivity contribution in [3.63, 3.8) is 0 Å². The predicted molar refractivity (Wildman–Crippen MR) is 84.1 cm³/mol. The molecule has 0 aliphatic carbocycles. The molecule has 0 aliphatic heterocycles. The first-order valence-electron chi connectivity index (χ1n) is 6.93. The van der Waals surface area contributed by atoms with E-state index in [1.165, 1.54) is 0 Å². The third kappa shape index (κ3) is 2.83. The SMILES string of the molecule is NC(CC(=O)c1cccc2ncccc12)c1ccccc1. The second-order valence-corrected chi connectivity index (χ2v) is 5.02. The molecule has 0 aliphatic rings. The lowest BCUT2D eigenvalue weighted by Crippen LogP contribution is -2.15. The van der Waals surface area contributed by atoms with Crippen LogP contribution in [0.3, 0.4) is 0 Å². The highest BCUT2D eigenvalue weighted by Gasteiger charge is 2.15. The van der Waals surface area contributed by atoms with Gasteiger partial charge in [0, 0.05) is 29.6 Å². The summed E-state index contributed by atoms with van der Waals surface area (Å²) < 4.78 is 0. The largest absolute Gasteiger partial charge is 0.324 e. The fourth-order valence-corrected chi connectivity index (χ4v) is 2.47. The first-order valence-corrected chi connectivity index (χ1v) is 6.93. The molecule has 3 heteroatoms. The van der Waals surface area contributed by atoms with Crippen molar-refractivity contribution in [1.29, 1.82) is 0 Å². The van der Waals surface area contributed by atoms with Crippen LogP contribution in [0, 0.1) is 0 Å². The van der Waals surface area contributed by atoms with Crippen molar-refractivity contribution in [2.75, 3.05) is 0 Å². The molecular weight excluding hydrogens is 260 g/mol. The zero-order valence-corrected chi connectivity index (χ0v) is 11.6. The van der Waals surface area contributed by atoms with Crippen LogP contribution in [0.5, 0.6) is 0 Å². The van der Waals surface area contributed by atoms with E-state index in [4.69, 9.17) is 5.73 Å². The maximum atomic E-state index is 12.5. The van der Waals surface area contributed by atoms with Crippen LogP contribution in [0.2, 0.25) is 0 Å². The van der Waals surface area contributed by atoms with Crippen molar-refractivity contribution in [2.24, 2.45) is 5.73 Å². The molecule has 0 radical (unpaired) electrons. The summed E-state index contributed by atoms with van der Waals surface area (Å²) in [5.74, 6) is 0.0463. The lowest BCUT2D eigenvalue weighted by molar-refractivity contribution is 0.0976. The number of hydrogen-bond acceptors (Lipinski definition) is 3. The minimum absolute atomic E-state index is 0.0463. The number of ketones is 1. The third-order valence-electron chi connectivity index (χ3n) is 3.58. The van der Waals surface area contributed by atoms with Gasteiger partial charge in [0.1, 0.15) is 0 Å². The molecule has 0 saturated carbocycles. The van der Waals surface area contributed by atoms with E-state index in [1.54, 1.807) is 6.20 Å². The fourth-order valence-electron chi connectivity index (χ4n) is 2.47. The van der Waals surface area contributed by atoms with Gasteiger partial charge in [-0.2, -0.15) is 0 Å². The zero-order valence-electron chi connectivity index (χ0n) is 11.6. The number of rotatable bonds is 4. The molecular formula is C18H16N2O. The Balaban J connectivity index is 1.88. The number of nitrogens with zero attached hydrogens (tertiary/aromatic N) is 1. The van der Waals surface area contributed by atoms with Crippen molar-refractivity contribution in [1.82, 2.24) is 4.98 Å². The van der Waals surface area contributed by atoms with Crippen molar-refractivity contribution >= 4 is 16.7 Å². The highest BCUT2D eigenvalue weighted by Crippen LogP contribution is 2.21. The van der Waals surface area contributed by atoms with Gasteiger partial charge in [0.15, 0.2) is 5.78 Å². The summed E-state index contributed by atoms with van der Waals surface area (Å²) in [6.07, 6.45) is 2.02. The molecule has 0 saturated heterocycles. The highest BCUT2D eigenvalue weighted by molar-refractivity contribution is 6.07. The van der Waals surface area contributed by atoms with Gasteiger partial charge in [-0.1, -0.05) is 48.5 Å². The number of Topliss-reactive ketones (excluding diaryl/α,β-unsaturated/α-hetero) is 1. The second-order valence-electron chi connectivity index (χ2n) is 5.02. The van der Waals surface area contributed by atoms with Crippen LogP contribution in [0.15, 0.2) is 66.9 Å². The van der Waals surface area contributed by atoms with Crippen LogP contribution in [0.4, 0.5) is 0 Å². The summed E-state index contributed by atoms with van der Waals surface area (Å²) in [6, 6.07) is 18.8. The number of nitrogens with two attached hydrogens (primary N) is 1. The summed E-state index contributed by atoms with van der Waals surface area (Å²) in [5.41, 5.74) is 8.63. The topological polar surface area (TPSA) is 56.0 Å². The molecule has 3 aromatic rings. The summed E-state index contributed by atoms with van der Waals surface area (Å²) >= 11 is 0. The zero-order chi connectivity index (χ0) is 14.7. The van der Waals surface area contributed by atoms with E-state index in [0.29, 0.717) is 5.56 Å². The van der Waals surface area contributed by atoms with Gasteiger partial charge in [-0.3, -0.25) is 9.78 Å². The van der Waals surface area contributed by atoms with E-state index in [2.05, 4.69) is 4.98 Å². The Bertz CT molecular complexity index is 763. The minimum atomic E-state index is -0.286. The van der Waals surface area contributed by atoms with Crippen LogP contribution in [-0.4, -0.2) is 10.8 Å². The number of aromatic nitrogens is 1. The first kappa shape index (κ1) is 13.5. The molecule has 3 nitrogen and oxygen atoms in total. The molecule has 1 atom stereocenters. The molecule has 2 N–H and O–H groups in total. The monoisotopic (exact) mass is 276 g/mol. The lowest BCUT2D eigenvalue weighted by Gasteiger charge is -2.12. The Morgan fingerprint density at radius 2 is 1.81 bits per heavy atom. The Hall–Kier alpha value is -2.52. The smallest absolute Gasteiger partial charge is 0.165 e. The van der Waals surface area contributed by atoms with E-state index in [-0.39, 0.29) is 18.2 Å². The van der Waals surface area contributed by atoms with Crippen LogP contribution in [0.25, 0.3) is 10.9 Å². The molecule has 0 amide bonds. The molecule has 1 heterocycles. The summed E-state index contributed by atoms with van der Waals surface area (Å²) in [6.45, 7) is 0. The van der Waals surface area contributed by atoms with Crippen LogP contribution in [-0.2, 0) is 0 Å². The molecule has 2 aromatic carbocycles. The van der Waals surface area contributed by atoms with Gasteiger partial charge in [0.05, 0.1) is 5.52 Å². The van der Waals surface area contributed by atoms with Gasteiger partial charge in [-0.15, -0.1) is 0 Å². The minimum Gasteiger partial charge on any atom is -0.324 e.